The van der Waals surface area contributed by atoms with Crippen LogP contribution in [-0.2, 0) is 10.0 Å². The number of hydrogen-bond acceptors (Lipinski definition) is 3. The average molecular weight is 294 g/mol. The first-order chi connectivity index (χ1) is 7.08. The molecule has 7 heteroatoms. The van der Waals surface area contributed by atoms with Crippen LogP contribution < -0.4 is 4.72 Å². The van der Waals surface area contributed by atoms with E-state index in [1.165, 1.54) is 12.3 Å². The quantitative estimate of drug-likeness (QED) is 0.791. The number of nitrogens with one attached hydrogen (secondary N) is 2. The highest BCUT2D eigenvalue weighted by atomic mass is 79.9. The zero-order chi connectivity index (χ0) is 10.9. The minimum Gasteiger partial charge on any atom is -0.266 e. The zero-order valence-electron chi connectivity index (χ0n) is 8.03. The molecule has 1 aromatic rings. The minimum absolute atomic E-state index is 0.118. The second-order valence-electron chi connectivity index (χ2n) is 3.88. The molecule has 84 valence electrons. The fourth-order valence-corrected chi connectivity index (χ4v) is 3.08. The predicted molar refractivity (Wildman–Crippen MR) is 59.2 cm³/mol. The van der Waals surface area contributed by atoms with Gasteiger partial charge in [0.05, 0.1) is 6.20 Å². The lowest BCUT2D eigenvalue weighted by Gasteiger charge is -2.11. The molecular weight excluding hydrogens is 282 g/mol. The third-order valence-electron chi connectivity index (χ3n) is 2.64. The number of H-pyrrole nitrogens is 1. The van der Waals surface area contributed by atoms with Gasteiger partial charge in [-0.1, -0.05) is 15.9 Å². The number of hydrogen-bond donors (Lipinski definition) is 2. The lowest BCUT2D eigenvalue weighted by molar-refractivity contribution is 0.536. The average Bonchev–Trinajstić information content (AvgIpc) is 2.77. The number of aromatic amines is 1. The Labute approximate surface area is 96.8 Å². The third kappa shape index (κ3) is 2.40. The van der Waals surface area contributed by atoms with E-state index in [4.69, 9.17) is 0 Å². The number of sulfonamides is 1. The summed E-state index contributed by atoms with van der Waals surface area (Å²) in [4.78, 5) is 0. The van der Waals surface area contributed by atoms with Crippen molar-refractivity contribution in [3.63, 3.8) is 0 Å². The molecule has 0 bridgehead atoms. The number of nitrogens with zero attached hydrogens (tertiary/aromatic N) is 1. The van der Waals surface area contributed by atoms with Crippen molar-refractivity contribution in [2.45, 2.75) is 17.9 Å². The summed E-state index contributed by atoms with van der Waals surface area (Å²) in [5.74, 6) is 0. The van der Waals surface area contributed by atoms with Crippen molar-refractivity contribution in [1.29, 1.82) is 0 Å². The van der Waals surface area contributed by atoms with Crippen molar-refractivity contribution in [3.8, 4) is 0 Å². The van der Waals surface area contributed by atoms with Gasteiger partial charge in [0.25, 0.3) is 10.0 Å². The standard InChI is InChI=1S/C8H12BrN3O2S/c9-5-8(2-3-8)6-11-15(13,14)7-1-4-10-12-7/h1,4,11H,2-3,5-6H2,(H,10,12). The van der Waals surface area contributed by atoms with Crippen LogP contribution in [0.5, 0.6) is 0 Å². The largest absolute Gasteiger partial charge is 0.266 e. The predicted octanol–water partition coefficient (Wildman–Crippen LogP) is 0.863. The Morgan fingerprint density at radius 1 is 1.60 bits per heavy atom. The topological polar surface area (TPSA) is 74.8 Å². The molecule has 2 N–H and O–H groups in total. The van der Waals surface area contributed by atoms with E-state index in [-0.39, 0.29) is 10.4 Å². The maximum absolute atomic E-state index is 11.7. The van der Waals surface area contributed by atoms with Crippen LogP contribution in [0, 0.1) is 5.41 Å². The number of alkyl halides is 1. The van der Waals surface area contributed by atoms with E-state index in [2.05, 4.69) is 30.8 Å². The van der Waals surface area contributed by atoms with Gasteiger partial charge in [0, 0.05) is 11.9 Å². The summed E-state index contributed by atoms with van der Waals surface area (Å²) in [6, 6.07) is 1.44. The lowest BCUT2D eigenvalue weighted by atomic mass is 10.1. The third-order valence-corrected chi connectivity index (χ3v) is 5.16. The highest BCUT2D eigenvalue weighted by Crippen LogP contribution is 2.46. The molecule has 0 radical (unpaired) electrons. The normalized spacial score (nSPS) is 19.0. The van der Waals surface area contributed by atoms with Gasteiger partial charge in [-0.2, -0.15) is 5.10 Å². The fourth-order valence-electron chi connectivity index (χ4n) is 1.25. The summed E-state index contributed by atoms with van der Waals surface area (Å²) < 4.78 is 26.0. The molecule has 0 aliphatic heterocycles. The van der Waals surface area contributed by atoms with Gasteiger partial charge in [0.15, 0.2) is 5.03 Å². The fraction of sp³-hybridized carbons (Fsp3) is 0.625. The van der Waals surface area contributed by atoms with Gasteiger partial charge in [-0.25, -0.2) is 13.1 Å². The van der Waals surface area contributed by atoms with Crippen LogP contribution in [0.15, 0.2) is 17.3 Å². The van der Waals surface area contributed by atoms with Crippen molar-refractivity contribution in [2.75, 3.05) is 11.9 Å². The molecule has 5 nitrogen and oxygen atoms in total. The van der Waals surface area contributed by atoms with E-state index in [1.807, 2.05) is 0 Å². The molecule has 1 aliphatic carbocycles. The molecule has 1 aliphatic rings. The highest BCUT2D eigenvalue weighted by Gasteiger charge is 2.42. The Morgan fingerprint density at radius 2 is 2.33 bits per heavy atom. The van der Waals surface area contributed by atoms with Crippen molar-refractivity contribution in [2.24, 2.45) is 5.41 Å². The van der Waals surface area contributed by atoms with E-state index in [0.29, 0.717) is 6.54 Å². The van der Waals surface area contributed by atoms with Crippen LogP contribution in [-0.4, -0.2) is 30.5 Å². The second-order valence-corrected chi connectivity index (χ2v) is 6.18. The van der Waals surface area contributed by atoms with Gasteiger partial charge in [-0.15, -0.1) is 0 Å². The molecule has 1 fully saturated rings. The van der Waals surface area contributed by atoms with Gasteiger partial charge in [0.1, 0.15) is 0 Å². The highest BCUT2D eigenvalue weighted by molar-refractivity contribution is 9.09. The molecular formula is C8H12BrN3O2S. The molecule has 1 aromatic heterocycles. The Balaban J connectivity index is 2.00. The monoisotopic (exact) mass is 293 g/mol. The molecule has 0 atom stereocenters. The number of aromatic nitrogens is 2. The van der Waals surface area contributed by atoms with Gasteiger partial charge in [-0.05, 0) is 24.3 Å². The summed E-state index contributed by atoms with van der Waals surface area (Å²) >= 11 is 3.39. The van der Waals surface area contributed by atoms with Crippen LogP contribution in [0.1, 0.15) is 12.8 Å². The van der Waals surface area contributed by atoms with E-state index >= 15 is 0 Å². The summed E-state index contributed by atoms with van der Waals surface area (Å²) in [7, 11) is -3.41. The molecule has 0 aromatic carbocycles. The first kappa shape index (κ1) is 11.1. The zero-order valence-corrected chi connectivity index (χ0v) is 10.4. The van der Waals surface area contributed by atoms with Gasteiger partial charge < -0.3 is 0 Å². The Hall–Kier alpha value is -0.400. The van der Waals surface area contributed by atoms with Gasteiger partial charge >= 0.3 is 0 Å². The maximum atomic E-state index is 11.7. The molecule has 15 heavy (non-hydrogen) atoms. The van der Waals surface area contributed by atoms with E-state index in [1.54, 1.807) is 0 Å². The SMILES string of the molecule is O=S(=O)(NCC1(CBr)CC1)c1ccn[nH]1. The Morgan fingerprint density at radius 3 is 2.80 bits per heavy atom. The Kier molecular flexibility index (Phi) is 2.87. The molecule has 0 amide bonds. The maximum Gasteiger partial charge on any atom is 0.257 e. The van der Waals surface area contributed by atoms with Crippen LogP contribution in [0.25, 0.3) is 0 Å². The van der Waals surface area contributed by atoms with Crippen molar-refractivity contribution in [1.82, 2.24) is 14.9 Å². The summed E-state index contributed by atoms with van der Waals surface area (Å²) in [5.41, 5.74) is 0.132. The minimum atomic E-state index is -3.41. The second kappa shape index (κ2) is 3.88. The van der Waals surface area contributed by atoms with E-state index in [9.17, 15) is 8.42 Å². The molecule has 0 saturated heterocycles. The summed E-state index contributed by atoms with van der Waals surface area (Å²) in [5, 5.41) is 7.01. The molecule has 1 heterocycles. The van der Waals surface area contributed by atoms with Crippen molar-refractivity contribution < 1.29 is 8.42 Å². The first-order valence-electron chi connectivity index (χ1n) is 4.63. The molecule has 2 rings (SSSR count). The number of rotatable bonds is 5. The first-order valence-corrected chi connectivity index (χ1v) is 7.24. The van der Waals surface area contributed by atoms with Gasteiger partial charge in [0.2, 0.25) is 0 Å². The van der Waals surface area contributed by atoms with Gasteiger partial charge in [-0.3, -0.25) is 5.10 Å². The number of halogens is 1. The van der Waals surface area contributed by atoms with Crippen LogP contribution in [0.2, 0.25) is 0 Å². The van der Waals surface area contributed by atoms with Crippen molar-refractivity contribution in [3.05, 3.63) is 12.3 Å². The van der Waals surface area contributed by atoms with Crippen LogP contribution >= 0.6 is 15.9 Å². The van der Waals surface area contributed by atoms with E-state index < -0.39 is 10.0 Å². The van der Waals surface area contributed by atoms with Crippen LogP contribution in [0.3, 0.4) is 0 Å². The molecule has 0 unspecified atom stereocenters. The summed E-state index contributed by atoms with van der Waals surface area (Å²) in [6.45, 7) is 0.486. The van der Waals surface area contributed by atoms with Crippen molar-refractivity contribution >= 4 is 26.0 Å². The summed E-state index contributed by atoms with van der Waals surface area (Å²) in [6.07, 6.45) is 3.57. The van der Waals surface area contributed by atoms with E-state index in [0.717, 1.165) is 18.2 Å². The molecule has 1 saturated carbocycles. The molecule has 0 spiro atoms. The Bertz CT molecular complexity index is 425. The van der Waals surface area contributed by atoms with Crippen LogP contribution in [0.4, 0.5) is 0 Å². The smallest absolute Gasteiger partial charge is 0.257 e. The lowest BCUT2D eigenvalue weighted by Crippen LogP contribution is -2.31.